The number of rotatable bonds is 2. The van der Waals surface area contributed by atoms with Crippen molar-refractivity contribution in [2.45, 2.75) is 18.6 Å². The normalized spacial score (nSPS) is 24.3. The van der Waals surface area contributed by atoms with Gasteiger partial charge in [0.2, 0.25) is 0 Å². The second-order valence-corrected chi connectivity index (χ2v) is 5.29. The van der Waals surface area contributed by atoms with E-state index in [9.17, 15) is 18.0 Å². The Bertz CT molecular complexity index is 602. The first kappa shape index (κ1) is 15.0. The molecule has 0 aliphatic carbocycles. The Morgan fingerprint density at radius 2 is 1.91 bits per heavy atom. The molecule has 8 heteroatoms. The van der Waals surface area contributed by atoms with E-state index in [0.29, 0.717) is 12.0 Å². The highest BCUT2D eigenvalue weighted by molar-refractivity contribution is 5.71. The monoisotopic (exact) mass is 317 g/mol. The number of nitrogens with one attached hydrogen (secondary N) is 1. The minimum Gasteiger partial charge on any atom is -0.486 e. The molecule has 22 heavy (non-hydrogen) atoms. The van der Waals surface area contributed by atoms with E-state index in [2.05, 4.69) is 5.32 Å². The molecule has 1 aromatic carbocycles. The van der Waals surface area contributed by atoms with Gasteiger partial charge in [-0.1, -0.05) is 6.07 Å². The Hall–Kier alpha value is -1.96. The van der Waals surface area contributed by atoms with Gasteiger partial charge in [-0.3, -0.25) is 4.79 Å². The summed E-state index contributed by atoms with van der Waals surface area (Å²) in [5.41, 5.74) is -0.370. The van der Waals surface area contributed by atoms with E-state index in [1.54, 1.807) is 0 Å². The number of fused-ring (bicyclic) bond motifs is 1. The molecule has 5 nitrogen and oxygen atoms in total. The number of hydrogen-bond acceptors (Lipinski definition) is 4. The van der Waals surface area contributed by atoms with E-state index >= 15 is 0 Å². The third-order valence-electron chi connectivity index (χ3n) is 3.88. The predicted molar refractivity (Wildman–Crippen MR) is 68.9 cm³/mol. The minimum atomic E-state index is -4.53. The standard InChI is InChI=1S/C14H14F3NO4/c15-14(16,17)9-2-1-8(11-12(9)22-4-3-21-11)10-5-7(6-18-10)13(19)20/h1-2,7,10,18H,3-6H2,(H,19,20). The van der Waals surface area contributed by atoms with E-state index < -0.39 is 23.6 Å². The van der Waals surface area contributed by atoms with Crippen LogP contribution in [0.4, 0.5) is 13.2 Å². The van der Waals surface area contributed by atoms with E-state index in [1.807, 2.05) is 0 Å². The van der Waals surface area contributed by atoms with Crippen LogP contribution in [0.3, 0.4) is 0 Å². The topological polar surface area (TPSA) is 67.8 Å². The summed E-state index contributed by atoms with van der Waals surface area (Å²) in [5, 5.41) is 12.0. The Morgan fingerprint density at radius 3 is 2.50 bits per heavy atom. The van der Waals surface area contributed by atoms with Crippen molar-refractivity contribution in [3.8, 4) is 11.5 Å². The number of halogens is 3. The molecule has 1 saturated heterocycles. The second-order valence-electron chi connectivity index (χ2n) is 5.29. The average Bonchev–Trinajstić information content (AvgIpc) is 2.94. The van der Waals surface area contributed by atoms with Crippen LogP contribution < -0.4 is 14.8 Å². The number of benzene rings is 1. The van der Waals surface area contributed by atoms with Crippen LogP contribution in [0.25, 0.3) is 0 Å². The fourth-order valence-corrected chi connectivity index (χ4v) is 2.82. The molecule has 2 aliphatic heterocycles. The molecule has 3 rings (SSSR count). The van der Waals surface area contributed by atoms with Crippen LogP contribution in [0.15, 0.2) is 12.1 Å². The van der Waals surface area contributed by atoms with Gasteiger partial charge in [-0.25, -0.2) is 0 Å². The number of aliphatic carboxylic acids is 1. The molecular weight excluding hydrogens is 303 g/mol. The highest BCUT2D eigenvalue weighted by Gasteiger charge is 2.40. The number of carboxylic acid groups (broad SMARTS) is 1. The molecule has 120 valence electrons. The smallest absolute Gasteiger partial charge is 0.420 e. The van der Waals surface area contributed by atoms with Gasteiger partial charge in [-0.05, 0) is 12.5 Å². The minimum absolute atomic E-state index is 0.0510. The fourth-order valence-electron chi connectivity index (χ4n) is 2.82. The van der Waals surface area contributed by atoms with Crippen LogP contribution in [0.1, 0.15) is 23.6 Å². The molecule has 1 aromatic rings. The zero-order valence-corrected chi connectivity index (χ0v) is 11.4. The quantitative estimate of drug-likeness (QED) is 0.875. The molecular formula is C14H14F3NO4. The fraction of sp³-hybridized carbons (Fsp3) is 0.500. The molecule has 0 amide bonds. The van der Waals surface area contributed by atoms with Crippen LogP contribution >= 0.6 is 0 Å². The molecule has 2 unspecified atom stereocenters. The van der Waals surface area contributed by atoms with Crippen LogP contribution in [0, 0.1) is 5.92 Å². The van der Waals surface area contributed by atoms with Gasteiger partial charge in [0.25, 0.3) is 0 Å². The number of carbonyl (C=O) groups is 1. The Labute approximate surface area is 124 Å². The van der Waals surface area contributed by atoms with Crippen molar-refractivity contribution in [1.29, 1.82) is 0 Å². The number of hydrogen-bond donors (Lipinski definition) is 2. The van der Waals surface area contributed by atoms with Gasteiger partial charge >= 0.3 is 12.1 Å². The van der Waals surface area contributed by atoms with Gasteiger partial charge in [0.15, 0.2) is 11.5 Å². The van der Waals surface area contributed by atoms with Gasteiger partial charge in [0.05, 0.1) is 5.92 Å². The molecule has 0 aromatic heterocycles. The van der Waals surface area contributed by atoms with E-state index in [4.69, 9.17) is 14.6 Å². The van der Waals surface area contributed by atoms with Crippen molar-refractivity contribution in [3.05, 3.63) is 23.3 Å². The Morgan fingerprint density at radius 1 is 1.23 bits per heavy atom. The molecule has 0 bridgehead atoms. The van der Waals surface area contributed by atoms with Crippen LogP contribution in [0.2, 0.25) is 0 Å². The van der Waals surface area contributed by atoms with Crippen LogP contribution in [0.5, 0.6) is 11.5 Å². The molecule has 2 atom stereocenters. The summed E-state index contributed by atoms with van der Waals surface area (Å²) in [6, 6.07) is 1.93. The average molecular weight is 317 g/mol. The largest absolute Gasteiger partial charge is 0.486 e. The Balaban J connectivity index is 1.98. The van der Waals surface area contributed by atoms with Crippen LogP contribution in [-0.2, 0) is 11.0 Å². The summed E-state index contributed by atoms with van der Waals surface area (Å²) < 4.78 is 49.6. The molecule has 1 fully saturated rings. The van der Waals surface area contributed by atoms with Gasteiger partial charge in [-0.2, -0.15) is 13.2 Å². The van der Waals surface area contributed by atoms with Crippen molar-refractivity contribution >= 4 is 5.97 Å². The summed E-state index contributed by atoms with van der Waals surface area (Å²) in [6.45, 7) is 0.489. The zero-order chi connectivity index (χ0) is 15.9. The van der Waals surface area contributed by atoms with Crippen molar-refractivity contribution in [2.75, 3.05) is 19.8 Å². The van der Waals surface area contributed by atoms with Crippen molar-refractivity contribution in [2.24, 2.45) is 5.92 Å². The van der Waals surface area contributed by atoms with E-state index in [-0.39, 0.29) is 37.3 Å². The van der Waals surface area contributed by atoms with Crippen LogP contribution in [-0.4, -0.2) is 30.8 Å². The summed E-state index contributed by atoms with van der Waals surface area (Å²) in [6.07, 6.45) is -4.23. The van der Waals surface area contributed by atoms with Gasteiger partial charge in [0.1, 0.15) is 18.8 Å². The van der Waals surface area contributed by atoms with Crippen molar-refractivity contribution < 1.29 is 32.5 Å². The summed E-state index contributed by atoms with van der Waals surface area (Å²) in [7, 11) is 0. The van der Waals surface area contributed by atoms with Gasteiger partial charge < -0.3 is 19.9 Å². The number of alkyl halides is 3. The summed E-state index contributed by atoms with van der Waals surface area (Å²) in [4.78, 5) is 11.0. The van der Waals surface area contributed by atoms with E-state index in [0.717, 1.165) is 6.07 Å². The highest BCUT2D eigenvalue weighted by atomic mass is 19.4. The lowest BCUT2D eigenvalue weighted by molar-refractivity contribution is -0.141. The number of ether oxygens (including phenoxy) is 2. The zero-order valence-electron chi connectivity index (χ0n) is 11.4. The van der Waals surface area contributed by atoms with Crippen molar-refractivity contribution in [1.82, 2.24) is 5.32 Å². The predicted octanol–water partition coefficient (Wildman–Crippen LogP) is 2.21. The first-order chi connectivity index (χ1) is 10.4. The van der Waals surface area contributed by atoms with E-state index in [1.165, 1.54) is 6.07 Å². The summed E-state index contributed by atoms with van der Waals surface area (Å²) in [5.74, 6) is -1.73. The molecule has 2 N–H and O–H groups in total. The lowest BCUT2D eigenvalue weighted by atomic mass is 9.97. The SMILES string of the molecule is O=C(O)C1CNC(c2ccc(C(F)(F)F)c3c2OCCO3)C1. The lowest BCUT2D eigenvalue weighted by Crippen LogP contribution is -2.22. The molecule has 0 spiro atoms. The van der Waals surface area contributed by atoms with Gasteiger partial charge in [0, 0.05) is 18.2 Å². The third-order valence-corrected chi connectivity index (χ3v) is 3.88. The lowest BCUT2D eigenvalue weighted by Gasteiger charge is -2.26. The first-order valence-corrected chi connectivity index (χ1v) is 6.84. The first-order valence-electron chi connectivity index (χ1n) is 6.84. The second kappa shape index (κ2) is 5.35. The summed E-state index contributed by atoms with van der Waals surface area (Å²) >= 11 is 0. The molecule has 0 saturated carbocycles. The van der Waals surface area contributed by atoms with Gasteiger partial charge in [-0.15, -0.1) is 0 Å². The third kappa shape index (κ3) is 2.58. The molecule has 2 heterocycles. The maximum absolute atomic E-state index is 13.0. The Kier molecular flexibility index (Phi) is 3.64. The molecule has 2 aliphatic rings. The maximum Gasteiger partial charge on any atom is 0.420 e. The molecule has 0 radical (unpaired) electrons. The maximum atomic E-state index is 13.0. The highest BCUT2D eigenvalue weighted by Crippen LogP contribution is 2.47. The van der Waals surface area contributed by atoms with Crippen molar-refractivity contribution in [3.63, 3.8) is 0 Å². The number of carboxylic acids is 1.